The summed E-state index contributed by atoms with van der Waals surface area (Å²) in [5.74, 6) is -0.571. The minimum atomic E-state index is -0.555. The summed E-state index contributed by atoms with van der Waals surface area (Å²) in [6.45, 7) is 0. The summed E-state index contributed by atoms with van der Waals surface area (Å²) in [5.41, 5.74) is 1.57. The second-order valence-electron chi connectivity index (χ2n) is 5.24. The van der Waals surface area contributed by atoms with Crippen molar-refractivity contribution in [2.24, 2.45) is 0 Å². The molecule has 0 fully saturated rings. The Labute approximate surface area is 145 Å². The van der Waals surface area contributed by atoms with E-state index in [1.54, 1.807) is 48.7 Å². The van der Waals surface area contributed by atoms with Crippen molar-refractivity contribution in [3.63, 3.8) is 0 Å². The van der Waals surface area contributed by atoms with Crippen molar-refractivity contribution in [1.82, 2.24) is 4.98 Å². The molecule has 2 aromatic carbocycles. The Morgan fingerprint density at radius 2 is 1.64 bits per heavy atom. The van der Waals surface area contributed by atoms with Gasteiger partial charge in [-0.3, -0.25) is 9.78 Å². The zero-order valence-corrected chi connectivity index (χ0v) is 13.3. The fraction of sp³-hybridized carbons (Fsp3) is 0. The molecule has 122 valence electrons. The van der Waals surface area contributed by atoms with Crippen molar-refractivity contribution in [3.05, 3.63) is 102 Å². The van der Waals surface area contributed by atoms with Gasteiger partial charge in [0.05, 0.1) is 11.1 Å². The molecular weight excluding hydrogens is 314 g/mol. The third-order valence-corrected chi connectivity index (χ3v) is 3.48. The van der Waals surface area contributed by atoms with Gasteiger partial charge in [-0.1, -0.05) is 48.5 Å². The average Bonchev–Trinajstić information content (AvgIpc) is 2.68. The summed E-state index contributed by atoms with van der Waals surface area (Å²) < 4.78 is 5.37. The molecule has 0 aliphatic carbocycles. The maximum atomic E-state index is 12.5. The van der Waals surface area contributed by atoms with E-state index in [0.29, 0.717) is 11.1 Å². The normalized spacial score (nSPS) is 10.6. The molecule has 0 bridgehead atoms. The lowest BCUT2D eigenvalue weighted by atomic mass is 10.1. The number of hydrogen-bond donors (Lipinski definition) is 0. The number of esters is 1. The number of allylic oxidation sites excluding steroid dienone is 1. The van der Waals surface area contributed by atoms with Crippen molar-refractivity contribution >= 4 is 17.8 Å². The number of hydrogen-bond acceptors (Lipinski definition) is 4. The van der Waals surface area contributed by atoms with E-state index in [9.17, 15) is 9.59 Å². The third-order valence-electron chi connectivity index (χ3n) is 3.48. The molecule has 4 heteroatoms. The van der Waals surface area contributed by atoms with Crippen LogP contribution in [-0.4, -0.2) is 16.7 Å². The molecule has 3 rings (SSSR count). The second-order valence-corrected chi connectivity index (χ2v) is 5.24. The highest BCUT2D eigenvalue weighted by atomic mass is 16.5. The molecule has 0 radical (unpaired) electrons. The fourth-order valence-corrected chi connectivity index (χ4v) is 2.23. The summed E-state index contributed by atoms with van der Waals surface area (Å²) >= 11 is 0. The number of rotatable bonds is 5. The molecule has 0 unspecified atom stereocenters. The lowest BCUT2D eigenvalue weighted by Gasteiger charge is -2.07. The number of ketones is 1. The second kappa shape index (κ2) is 7.84. The summed E-state index contributed by atoms with van der Waals surface area (Å²) in [5, 5.41) is 0. The van der Waals surface area contributed by atoms with Crippen LogP contribution in [-0.2, 0) is 0 Å². The number of nitrogens with zero attached hydrogens (tertiary/aromatic N) is 1. The van der Waals surface area contributed by atoms with Gasteiger partial charge in [0.25, 0.3) is 0 Å². The fourth-order valence-electron chi connectivity index (χ4n) is 2.23. The Balaban J connectivity index is 1.80. The van der Waals surface area contributed by atoms with Gasteiger partial charge in [-0.25, -0.2) is 4.79 Å². The summed E-state index contributed by atoms with van der Waals surface area (Å²) in [6.07, 6.45) is 6.18. The van der Waals surface area contributed by atoms with Gasteiger partial charge in [-0.15, -0.1) is 0 Å². The van der Waals surface area contributed by atoms with Gasteiger partial charge in [-0.05, 0) is 35.9 Å². The predicted octanol–water partition coefficient (Wildman–Crippen LogP) is 4.20. The Hall–Kier alpha value is -3.53. The van der Waals surface area contributed by atoms with Crippen molar-refractivity contribution < 1.29 is 14.3 Å². The van der Waals surface area contributed by atoms with E-state index in [2.05, 4.69) is 4.98 Å². The lowest BCUT2D eigenvalue weighted by molar-refractivity contribution is 0.0732. The highest BCUT2D eigenvalue weighted by Gasteiger charge is 2.14. The molecule has 0 aliphatic rings. The van der Waals surface area contributed by atoms with E-state index in [4.69, 9.17) is 4.74 Å². The zero-order chi connectivity index (χ0) is 17.5. The predicted molar refractivity (Wildman–Crippen MR) is 95.4 cm³/mol. The number of ether oxygens (including phenoxy) is 1. The highest BCUT2D eigenvalue weighted by molar-refractivity contribution is 6.09. The van der Waals surface area contributed by atoms with Crippen molar-refractivity contribution in [1.29, 1.82) is 0 Å². The molecule has 0 saturated heterocycles. The third kappa shape index (κ3) is 4.26. The Morgan fingerprint density at radius 1 is 0.880 bits per heavy atom. The number of carbonyl (C=O) groups excluding carboxylic acids is 2. The molecule has 3 aromatic rings. The lowest BCUT2D eigenvalue weighted by Crippen LogP contribution is -2.11. The van der Waals surface area contributed by atoms with Crippen molar-refractivity contribution in [2.75, 3.05) is 0 Å². The van der Waals surface area contributed by atoms with E-state index in [1.165, 1.54) is 12.3 Å². The number of aromatic nitrogens is 1. The molecule has 0 spiro atoms. The van der Waals surface area contributed by atoms with E-state index >= 15 is 0 Å². The first-order valence-corrected chi connectivity index (χ1v) is 7.73. The molecule has 4 nitrogen and oxygen atoms in total. The highest BCUT2D eigenvalue weighted by Crippen LogP contribution is 2.20. The first-order chi connectivity index (χ1) is 12.2. The smallest absolute Gasteiger partial charge is 0.345 e. The molecule has 1 heterocycles. The van der Waals surface area contributed by atoms with Crippen molar-refractivity contribution in [2.45, 2.75) is 0 Å². The van der Waals surface area contributed by atoms with Crippen LogP contribution in [0.3, 0.4) is 0 Å². The van der Waals surface area contributed by atoms with E-state index in [-0.39, 0.29) is 11.5 Å². The van der Waals surface area contributed by atoms with Gasteiger partial charge in [0.2, 0.25) is 0 Å². The first kappa shape index (κ1) is 16.3. The summed E-state index contributed by atoms with van der Waals surface area (Å²) in [7, 11) is 0. The van der Waals surface area contributed by atoms with Crippen LogP contribution in [0.25, 0.3) is 6.08 Å². The largest absolute Gasteiger partial charge is 0.422 e. The Bertz CT molecular complexity index is 903. The Kier molecular flexibility index (Phi) is 5.12. The standard InChI is InChI=1S/C21H15NO3/c23-19(13-12-16-7-2-1-3-8-16)18-10-4-5-11-20(18)25-21(24)17-9-6-14-22-15-17/h1-15H/b13-12+. The van der Waals surface area contributed by atoms with E-state index in [1.807, 2.05) is 30.3 Å². The van der Waals surface area contributed by atoms with Crippen molar-refractivity contribution in [3.8, 4) is 5.75 Å². The quantitative estimate of drug-likeness (QED) is 0.305. The summed E-state index contributed by atoms with van der Waals surface area (Å²) in [4.78, 5) is 28.5. The van der Waals surface area contributed by atoms with Crippen LogP contribution in [0.2, 0.25) is 0 Å². The molecule has 0 N–H and O–H groups in total. The van der Waals surface area contributed by atoms with Crippen LogP contribution in [0.5, 0.6) is 5.75 Å². The molecule has 25 heavy (non-hydrogen) atoms. The Morgan fingerprint density at radius 3 is 2.40 bits per heavy atom. The number of para-hydroxylation sites is 1. The van der Waals surface area contributed by atoms with Crippen LogP contribution in [0, 0.1) is 0 Å². The molecular formula is C21H15NO3. The van der Waals surface area contributed by atoms with Crippen LogP contribution < -0.4 is 4.74 Å². The molecule has 1 aromatic heterocycles. The molecule has 0 atom stereocenters. The first-order valence-electron chi connectivity index (χ1n) is 7.73. The van der Waals surface area contributed by atoms with Gasteiger partial charge in [0, 0.05) is 12.4 Å². The van der Waals surface area contributed by atoms with Gasteiger partial charge in [0.15, 0.2) is 5.78 Å². The van der Waals surface area contributed by atoms with E-state index < -0.39 is 5.97 Å². The van der Waals surface area contributed by atoms with Crippen LogP contribution in [0.1, 0.15) is 26.3 Å². The minimum Gasteiger partial charge on any atom is -0.422 e. The maximum Gasteiger partial charge on any atom is 0.345 e. The van der Waals surface area contributed by atoms with Gasteiger partial charge < -0.3 is 4.74 Å². The number of carbonyl (C=O) groups is 2. The van der Waals surface area contributed by atoms with Crippen LogP contribution in [0.4, 0.5) is 0 Å². The maximum absolute atomic E-state index is 12.5. The minimum absolute atomic E-state index is 0.221. The van der Waals surface area contributed by atoms with E-state index in [0.717, 1.165) is 5.56 Å². The average molecular weight is 329 g/mol. The molecule has 0 amide bonds. The van der Waals surface area contributed by atoms with Crippen LogP contribution >= 0.6 is 0 Å². The van der Waals surface area contributed by atoms with Gasteiger partial charge in [0.1, 0.15) is 5.75 Å². The number of benzene rings is 2. The molecule has 0 saturated carbocycles. The van der Waals surface area contributed by atoms with Gasteiger partial charge >= 0.3 is 5.97 Å². The van der Waals surface area contributed by atoms with Crippen LogP contribution in [0.15, 0.2) is 85.2 Å². The topological polar surface area (TPSA) is 56.3 Å². The SMILES string of the molecule is O=C(Oc1ccccc1C(=O)/C=C/c1ccccc1)c1cccnc1. The monoisotopic (exact) mass is 329 g/mol. The summed E-state index contributed by atoms with van der Waals surface area (Å²) in [6, 6.07) is 19.4. The molecule has 0 aliphatic heterocycles. The number of pyridine rings is 1. The van der Waals surface area contributed by atoms with Gasteiger partial charge in [-0.2, -0.15) is 0 Å². The zero-order valence-electron chi connectivity index (χ0n) is 13.3.